The zero-order valence-corrected chi connectivity index (χ0v) is 15.5. The molecule has 5 heteroatoms. The van der Waals surface area contributed by atoms with Gasteiger partial charge in [0.2, 0.25) is 0 Å². The van der Waals surface area contributed by atoms with Gasteiger partial charge in [0.1, 0.15) is 0 Å². The predicted octanol–water partition coefficient (Wildman–Crippen LogP) is 6.44. The SMILES string of the molecule is Cc1ccc(-c2[nH]c3ccccc3c2NC(=O)Nc2ccccc2Cl)cc1. The Morgan fingerprint density at radius 1 is 0.889 bits per heavy atom. The van der Waals surface area contributed by atoms with Gasteiger partial charge in [0.25, 0.3) is 0 Å². The van der Waals surface area contributed by atoms with E-state index < -0.39 is 0 Å². The molecule has 0 aliphatic carbocycles. The van der Waals surface area contributed by atoms with Crippen molar-refractivity contribution in [2.75, 3.05) is 10.6 Å². The van der Waals surface area contributed by atoms with E-state index in [-0.39, 0.29) is 6.03 Å². The molecule has 0 bridgehead atoms. The second-order valence-electron chi connectivity index (χ2n) is 6.35. The first-order valence-electron chi connectivity index (χ1n) is 8.62. The van der Waals surface area contributed by atoms with E-state index in [0.29, 0.717) is 10.7 Å². The number of anilines is 2. The van der Waals surface area contributed by atoms with E-state index in [1.807, 2.05) is 55.5 Å². The number of aromatic nitrogens is 1. The number of urea groups is 1. The fourth-order valence-electron chi connectivity index (χ4n) is 3.04. The van der Waals surface area contributed by atoms with Crippen LogP contribution in [0.15, 0.2) is 72.8 Å². The second-order valence-corrected chi connectivity index (χ2v) is 6.75. The molecule has 1 heterocycles. The number of hydrogen-bond donors (Lipinski definition) is 3. The van der Waals surface area contributed by atoms with Gasteiger partial charge in [-0.2, -0.15) is 0 Å². The van der Waals surface area contributed by atoms with Gasteiger partial charge in [-0.25, -0.2) is 4.79 Å². The molecule has 4 aromatic rings. The minimum Gasteiger partial charge on any atom is -0.353 e. The predicted molar refractivity (Wildman–Crippen MR) is 113 cm³/mol. The molecule has 3 N–H and O–H groups in total. The lowest BCUT2D eigenvalue weighted by atomic mass is 10.1. The number of carbonyl (C=O) groups excluding carboxylic acids is 1. The summed E-state index contributed by atoms with van der Waals surface area (Å²) in [6, 6.07) is 22.9. The highest BCUT2D eigenvalue weighted by Gasteiger charge is 2.16. The number of halogens is 1. The smallest absolute Gasteiger partial charge is 0.323 e. The van der Waals surface area contributed by atoms with Gasteiger partial charge in [-0.15, -0.1) is 0 Å². The van der Waals surface area contributed by atoms with Crippen LogP contribution < -0.4 is 10.6 Å². The zero-order valence-electron chi connectivity index (χ0n) is 14.7. The van der Waals surface area contributed by atoms with E-state index in [2.05, 4.69) is 27.8 Å². The summed E-state index contributed by atoms with van der Waals surface area (Å²) in [4.78, 5) is 16.0. The van der Waals surface area contributed by atoms with Crippen molar-refractivity contribution in [3.63, 3.8) is 0 Å². The lowest BCUT2D eigenvalue weighted by Gasteiger charge is -2.10. The molecular weight excluding hydrogens is 358 g/mol. The van der Waals surface area contributed by atoms with E-state index >= 15 is 0 Å². The Morgan fingerprint density at radius 3 is 2.37 bits per heavy atom. The first kappa shape index (κ1) is 17.2. The standard InChI is InChI=1S/C22H18ClN3O/c1-14-10-12-15(13-11-14)20-21(16-6-2-4-8-18(16)24-20)26-22(27)25-19-9-5-3-7-17(19)23/h2-13,24H,1H3,(H2,25,26,27). The minimum absolute atomic E-state index is 0.346. The number of fused-ring (bicyclic) bond motifs is 1. The molecule has 3 aromatic carbocycles. The first-order chi connectivity index (χ1) is 13.1. The number of aryl methyl sites for hydroxylation is 1. The molecular formula is C22H18ClN3O. The van der Waals surface area contributed by atoms with Crippen LogP contribution in [0.3, 0.4) is 0 Å². The maximum absolute atomic E-state index is 12.6. The third-order valence-electron chi connectivity index (χ3n) is 4.41. The number of aromatic amines is 1. The van der Waals surface area contributed by atoms with Gasteiger partial charge in [-0.3, -0.25) is 0 Å². The Labute approximate surface area is 162 Å². The highest BCUT2D eigenvalue weighted by molar-refractivity contribution is 6.33. The number of para-hydroxylation sites is 2. The molecule has 0 unspecified atom stereocenters. The summed E-state index contributed by atoms with van der Waals surface area (Å²) in [6.07, 6.45) is 0. The summed E-state index contributed by atoms with van der Waals surface area (Å²) in [7, 11) is 0. The topological polar surface area (TPSA) is 56.9 Å². The van der Waals surface area contributed by atoms with E-state index in [1.54, 1.807) is 12.1 Å². The summed E-state index contributed by atoms with van der Waals surface area (Å²) in [6.45, 7) is 2.05. The summed E-state index contributed by atoms with van der Waals surface area (Å²) in [5.74, 6) is 0. The third kappa shape index (κ3) is 3.52. The number of hydrogen-bond acceptors (Lipinski definition) is 1. The third-order valence-corrected chi connectivity index (χ3v) is 4.74. The highest BCUT2D eigenvalue weighted by atomic mass is 35.5. The van der Waals surface area contributed by atoms with Crippen LogP contribution in [0.4, 0.5) is 16.2 Å². The Hall–Kier alpha value is -3.24. The van der Waals surface area contributed by atoms with Crippen molar-refractivity contribution >= 4 is 39.9 Å². The fraction of sp³-hybridized carbons (Fsp3) is 0.0455. The summed E-state index contributed by atoms with van der Waals surface area (Å²) in [5.41, 5.74) is 5.31. The highest BCUT2D eigenvalue weighted by Crippen LogP contribution is 2.35. The van der Waals surface area contributed by atoms with Crippen molar-refractivity contribution in [1.82, 2.24) is 4.98 Å². The van der Waals surface area contributed by atoms with Crippen LogP contribution in [-0.2, 0) is 0 Å². The van der Waals surface area contributed by atoms with Gasteiger partial charge < -0.3 is 15.6 Å². The molecule has 0 spiro atoms. The van der Waals surface area contributed by atoms with Gasteiger partial charge >= 0.3 is 6.03 Å². The molecule has 0 aliphatic heterocycles. The average Bonchev–Trinajstić information content (AvgIpc) is 3.03. The maximum Gasteiger partial charge on any atom is 0.323 e. The molecule has 0 atom stereocenters. The number of benzene rings is 3. The average molecular weight is 376 g/mol. The molecule has 4 nitrogen and oxygen atoms in total. The van der Waals surface area contributed by atoms with Crippen molar-refractivity contribution in [2.24, 2.45) is 0 Å². The molecule has 2 amide bonds. The molecule has 0 saturated heterocycles. The van der Waals surface area contributed by atoms with E-state index in [0.717, 1.165) is 27.8 Å². The van der Waals surface area contributed by atoms with Gasteiger partial charge in [-0.1, -0.05) is 71.8 Å². The van der Waals surface area contributed by atoms with Gasteiger partial charge in [-0.05, 0) is 25.1 Å². The number of amides is 2. The van der Waals surface area contributed by atoms with Crippen LogP contribution in [0.25, 0.3) is 22.2 Å². The zero-order chi connectivity index (χ0) is 18.8. The van der Waals surface area contributed by atoms with Gasteiger partial charge in [0.15, 0.2) is 0 Å². The van der Waals surface area contributed by atoms with Crippen LogP contribution in [0, 0.1) is 6.92 Å². The van der Waals surface area contributed by atoms with Crippen LogP contribution in [0.2, 0.25) is 5.02 Å². The van der Waals surface area contributed by atoms with Crippen LogP contribution in [-0.4, -0.2) is 11.0 Å². The molecule has 4 rings (SSSR count). The second kappa shape index (κ2) is 7.17. The van der Waals surface area contributed by atoms with Gasteiger partial charge in [0.05, 0.1) is 22.1 Å². The maximum atomic E-state index is 12.6. The fourth-order valence-corrected chi connectivity index (χ4v) is 3.22. The quantitative estimate of drug-likeness (QED) is 0.379. The molecule has 27 heavy (non-hydrogen) atoms. The lowest BCUT2D eigenvalue weighted by Crippen LogP contribution is -2.19. The van der Waals surface area contributed by atoms with E-state index in [9.17, 15) is 4.79 Å². The molecule has 134 valence electrons. The van der Waals surface area contributed by atoms with Crippen LogP contribution >= 0.6 is 11.6 Å². The summed E-state index contributed by atoms with van der Waals surface area (Å²) in [5, 5.41) is 7.23. The van der Waals surface area contributed by atoms with Crippen molar-refractivity contribution in [3.05, 3.63) is 83.4 Å². The Kier molecular flexibility index (Phi) is 4.57. The molecule has 0 aliphatic rings. The van der Waals surface area contributed by atoms with Crippen molar-refractivity contribution < 1.29 is 4.79 Å². The minimum atomic E-state index is -0.346. The monoisotopic (exact) mass is 375 g/mol. The largest absolute Gasteiger partial charge is 0.353 e. The van der Waals surface area contributed by atoms with E-state index in [1.165, 1.54) is 5.56 Å². The Bertz CT molecular complexity index is 1120. The number of nitrogens with one attached hydrogen (secondary N) is 3. The number of H-pyrrole nitrogens is 1. The van der Waals surface area contributed by atoms with Crippen molar-refractivity contribution in [3.8, 4) is 11.3 Å². The van der Waals surface area contributed by atoms with Crippen molar-refractivity contribution in [1.29, 1.82) is 0 Å². The van der Waals surface area contributed by atoms with Crippen LogP contribution in [0.1, 0.15) is 5.56 Å². The normalized spacial score (nSPS) is 10.7. The first-order valence-corrected chi connectivity index (χ1v) is 9.00. The number of carbonyl (C=O) groups is 1. The van der Waals surface area contributed by atoms with Gasteiger partial charge in [0, 0.05) is 16.5 Å². The Balaban J connectivity index is 1.71. The van der Waals surface area contributed by atoms with Crippen LogP contribution in [0.5, 0.6) is 0 Å². The summed E-state index contributed by atoms with van der Waals surface area (Å²) >= 11 is 6.14. The molecule has 0 fully saturated rings. The molecule has 0 saturated carbocycles. The number of rotatable bonds is 3. The van der Waals surface area contributed by atoms with E-state index in [4.69, 9.17) is 11.6 Å². The van der Waals surface area contributed by atoms with Crippen molar-refractivity contribution in [2.45, 2.75) is 6.92 Å². The molecule has 1 aromatic heterocycles. The molecule has 0 radical (unpaired) electrons. The summed E-state index contributed by atoms with van der Waals surface area (Å²) < 4.78 is 0. The Morgan fingerprint density at radius 2 is 1.59 bits per heavy atom. The lowest BCUT2D eigenvalue weighted by molar-refractivity contribution is 0.262.